The number of aliphatic imine (C=N–C) groups is 1. The third-order valence-electron chi connectivity index (χ3n) is 1.66. The van der Waals surface area contributed by atoms with E-state index in [1.165, 1.54) is 5.84 Å². The van der Waals surface area contributed by atoms with E-state index in [2.05, 4.69) is 30.8 Å². The van der Waals surface area contributed by atoms with Crippen molar-refractivity contribution in [3.8, 4) is 0 Å². The van der Waals surface area contributed by atoms with Crippen LogP contribution in [0.25, 0.3) is 0 Å². The molecular weight excluding hydrogens is 112 g/mol. The van der Waals surface area contributed by atoms with Crippen LogP contribution in [-0.2, 0) is 0 Å². The Hall–Kier alpha value is -0.530. The second kappa shape index (κ2) is 2.38. The molecule has 1 aliphatic rings. The summed E-state index contributed by atoms with van der Waals surface area (Å²) in [6.45, 7) is 5.40. The normalized spacial score (nSPS) is 26.8. The molecule has 0 spiro atoms. The fourth-order valence-corrected chi connectivity index (χ4v) is 1.26. The molecule has 1 heterocycles. The first kappa shape index (κ1) is 6.59. The van der Waals surface area contributed by atoms with Crippen LogP contribution in [0.2, 0.25) is 0 Å². The molecule has 1 aliphatic heterocycles. The molecule has 1 atom stereocenters. The third-order valence-corrected chi connectivity index (χ3v) is 1.66. The van der Waals surface area contributed by atoms with E-state index in [4.69, 9.17) is 0 Å². The molecule has 0 bridgehead atoms. The van der Waals surface area contributed by atoms with Crippen molar-refractivity contribution in [1.82, 2.24) is 4.90 Å². The lowest BCUT2D eigenvalue weighted by molar-refractivity contribution is 0.507. The average molecular weight is 126 g/mol. The van der Waals surface area contributed by atoms with Crippen molar-refractivity contribution < 1.29 is 0 Å². The Labute approximate surface area is 56.6 Å². The van der Waals surface area contributed by atoms with E-state index in [0.717, 1.165) is 13.0 Å². The molecule has 0 saturated carbocycles. The van der Waals surface area contributed by atoms with Gasteiger partial charge < -0.3 is 4.90 Å². The molecule has 9 heavy (non-hydrogen) atoms. The van der Waals surface area contributed by atoms with Gasteiger partial charge in [-0.25, -0.2) is 0 Å². The van der Waals surface area contributed by atoms with Gasteiger partial charge in [-0.2, -0.15) is 0 Å². The van der Waals surface area contributed by atoms with E-state index in [9.17, 15) is 0 Å². The van der Waals surface area contributed by atoms with Gasteiger partial charge >= 0.3 is 0 Å². The van der Waals surface area contributed by atoms with Crippen LogP contribution in [0.1, 0.15) is 20.3 Å². The molecule has 1 rings (SSSR count). The fourth-order valence-electron chi connectivity index (χ4n) is 1.26. The number of likely N-dealkylation sites (N-methyl/N-ethyl adjacent to an activating group) is 1. The first-order chi connectivity index (χ1) is 4.24. The summed E-state index contributed by atoms with van der Waals surface area (Å²) in [4.78, 5) is 6.66. The predicted molar refractivity (Wildman–Crippen MR) is 39.8 cm³/mol. The number of nitrogens with zero attached hydrogens (tertiary/aromatic N) is 2. The highest BCUT2D eigenvalue weighted by molar-refractivity contribution is 5.83. The van der Waals surface area contributed by atoms with Crippen molar-refractivity contribution in [2.75, 3.05) is 13.6 Å². The topological polar surface area (TPSA) is 15.6 Å². The van der Waals surface area contributed by atoms with Crippen molar-refractivity contribution in [2.24, 2.45) is 4.99 Å². The van der Waals surface area contributed by atoms with Gasteiger partial charge in [0.15, 0.2) is 0 Å². The summed E-state index contributed by atoms with van der Waals surface area (Å²) in [5.74, 6) is 1.25. The van der Waals surface area contributed by atoms with Gasteiger partial charge in [-0.1, -0.05) is 6.92 Å². The van der Waals surface area contributed by atoms with Gasteiger partial charge in [-0.3, -0.25) is 4.99 Å². The predicted octanol–water partition coefficient (Wildman–Crippen LogP) is 1.13. The summed E-state index contributed by atoms with van der Waals surface area (Å²) in [5, 5.41) is 0. The minimum atomic E-state index is 0.518. The lowest BCUT2D eigenvalue weighted by atomic mass is 10.4. The lowest BCUT2D eigenvalue weighted by Gasteiger charge is -2.11. The lowest BCUT2D eigenvalue weighted by Crippen LogP contribution is -2.23. The summed E-state index contributed by atoms with van der Waals surface area (Å²) in [7, 11) is 2.10. The number of amidine groups is 1. The van der Waals surface area contributed by atoms with Crippen LogP contribution in [0.3, 0.4) is 0 Å². The van der Waals surface area contributed by atoms with E-state index >= 15 is 0 Å². The monoisotopic (exact) mass is 126 g/mol. The summed E-state index contributed by atoms with van der Waals surface area (Å²) >= 11 is 0. The van der Waals surface area contributed by atoms with Gasteiger partial charge in [0.25, 0.3) is 0 Å². The number of hydrogen-bond donors (Lipinski definition) is 0. The molecular formula is C7H14N2. The standard InChI is InChI=1S/C7H14N2/c1-4-7-8-6(2)5-9(7)3/h6H,4-5H2,1-3H3. The maximum absolute atomic E-state index is 4.43. The summed E-state index contributed by atoms with van der Waals surface area (Å²) < 4.78 is 0. The van der Waals surface area contributed by atoms with E-state index < -0.39 is 0 Å². The molecule has 52 valence electrons. The molecule has 0 fully saturated rings. The minimum Gasteiger partial charge on any atom is -0.361 e. The smallest absolute Gasteiger partial charge is 0.0988 e. The highest BCUT2D eigenvalue weighted by Crippen LogP contribution is 2.07. The first-order valence-electron chi connectivity index (χ1n) is 3.52. The Morgan fingerprint density at radius 3 is 2.67 bits per heavy atom. The Kier molecular flexibility index (Phi) is 1.74. The van der Waals surface area contributed by atoms with E-state index in [-0.39, 0.29) is 0 Å². The zero-order valence-electron chi connectivity index (χ0n) is 6.39. The SMILES string of the molecule is CCC1=NC(C)CN1C. The molecule has 2 heteroatoms. The highest BCUT2D eigenvalue weighted by Gasteiger charge is 2.15. The molecule has 0 aliphatic carbocycles. The van der Waals surface area contributed by atoms with Crippen molar-refractivity contribution in [1.29, 1.82) is 0 Å². The van der Waals surface area contributed by atoms with Crippen molar-refractivity contribution in [3.63, 3.8) is 0 Å². The summed E-state index contributed by atoms with van der Waals surface area (Å²) in [6.07, 6.45) is 1.07. The van der Waals surface area contributed by atoms with Gasteiger partial charge in [0.2, 0.25) is 0 Å². The average Bonchev–Trinajstić information content (AvgIpc) is 2.10. The quantitative estimate of drug-likeness (QED) is 0.514. The Bertz CT molecular complexity index is 129. The van der Waals surface area contributed by atoms with Crippen LogP contribution < -0.4 is 0 Å². The van der Waals surface area contributed by atoms with Gasteiger partial charge in [0, 0.05) is 20.0 Å². The molecule has 0 amide bonds. The van der Waals surface area contributed by atoms with Crippen LogP contribution in [-0.4, -0.2) is 30.4 Å². The second-order valence-corrected chi connectivity index (χ2v) is 2.63. The van der Waals surface area contributed by atoms with Crippen LogP contribution in [0.4, 0.5) is 0 Å². The summed E-state index contributed by atoms with van der Waals surface area (Å²) in [6, 6.07) is 0.518. The zero-order valence-corrected chi connectivity index (χ0v) is 6.39. The van der Waals surface area contributed by atoms with Crippen molar-refractivity contribution >= 4 is 5.84 Å². The third kappa shape index (κ3) is 1.23. The number of rotatable bonds is 1. The minimum absolute atomic E-state index is 0.518. The Balaban J connectivity index is 2.57. The van der Waals surface area contributed by atoms with Crippen molar-refractivity contribution in [2.45, 2.75) is 26.3 Å². The zero-order chi connectivity index (χ0) is 6.85. The van der Waals surface area contributed by atoms with Crippen LogP contribution in [0, 0.1) is 0 Å². The molecule has 1 unspecified atom stereocenters. The summed E-state index contributed by atoms with van der Waals surface area (Å²) in [5.41, 5.74) is 0. The van der Waals surface area contributed by atoms with Gasteiger partial charge in [-0.15, -0.1) is 0 Å². The van der Waals surface area contributed by atoms with E-state index in [0.29, 0.717) is 6.04 Å². The van der Waals surface area contributed by atoms with Gasteiger partial charge in [0.05, 0.1) is 11.9 Å². The van der Waals surface area contributed by atoms with Crippen LogP contribution in [0.5, 0.6) is 0 Å². The van der Waals surface area contributed by atoms with Crippen LogP contribution >= 0.6 is 0 Å². The molecule has 0 N–H and O–H groups in total. The number of hydrogen-bond acceptors (Lipinski definition) is 2. The second-order valence-electron chi connectivity index (χ2n) is 2.63. The fraction of sp³-hybridized carbons (Fsp3) is 0.857. The Morgan fingerprint density at radius 1 is 1.78 bits per heavy atom. The van der Waals surface area contributed by atoms with Gasteiger partial charge in [0.1, 0.15) is 0 Å². The van der Waals surface area contributed by atoms with E-state index in [1.54, 1.807) is 0 Å². The van der Waals surface area contributed by atoms with E-state index in [1.807, 2.05) is 0 Å². The molecule has 0 aromatic heterocycles. The molecule has 0 aromatic rings. The van der Waals surface area contributed by atoms with Crippen LogP contribution in [0.15, 0.2) is 4.99 Å². The maximum Gasteiger partial charge on any atom is 0.0988 e. The maximum atomic E-state index is 4.43. The molecule has 2 nitrogen and oxygen atoms in total. The molecule has 0 aromatic carbocycles. The van der Waals surface area contributed by atoms with Crippen molar-refractivity contribution in [3.05, 3.63) is 0 Å². The van der Waals surface area contributed by atoms with Gasteiger partial charge in [-0.05, 0) is 6.92 Å². The Morgan fingerprint density at radius 2 is 2.44 bits per heavy atom. The largest absolute Gasteiger partial charge is 0.361 e. The molecule has 0 radical (unpaired) electrons. The first-order valence-corrected chi connectivity index (χ1v) is 3.52. The highest BCUT2D eigenvalue weighted by atomic mass is 15.2. The molecule has 0 saturated heterocycles.